The van der Waals surface area contributed by atoms with Crippen molar-refractivity contribution in [1.29, 1.82) is 0 Å². The number of carbonyl (C=O) groups is 1. The Kier molecular flexibility index (Phi) is 4.14. The smallest absolute Gasteiger partial charge is 0.319 e. The lowest BCUT2D eigenvalue weighted by Crippen LogP contribution is -2.62. The maximum Gasteiger partial charge on any atom is 0.319 e. The van der Waals surface area contributed by atoms with Crippen molar-refractivity contribution >= 4 is 17.4 Å². The Balaban J connectivity index is 1.29. The minimum Gasteiger partial charge on any atom is -0.332 e. The molecule has 0 spiro atoms. The van der Waals surface area contributed by atoms with Crippen LogP contribution in [-0.4, -0.2) is 21.0 Å². The summed E-state index contributed by atoms with van der Waals surface area (Å²) in [6.45, 7) is 0.624. The van der Waals surface area contributed by atoms with Crippen molar-refractivity contribution in [3.8, 4) is 5.69 Å². The second-order valence-corrected chi connectivity index (χ2v) is 11.6. The summed E-state index contributed by atoms with van der Waals surface area (Å²) < 4.78 is 2.28. The first kappa shape index (κ1) is 19.0. The average Bonchev–Trinajstić information content (AvgIpc) is 3.43. The lowest BCUT2D eigenvalue weighted by molar-refractivity contribution is -0.0163. The summed E-state index contributed by atoms with van der Waals surface area (Å²) in [5.74, 6) is 2.45. The largest absolute Gasteiger partial charge is 0.332 e. The zero-order chi connectivity index (χ0) is 21.3. The second kappa shape index (κ2) is 6.98. The van der Waals surface area contributed by atoms with E-state index in [2.05, 4.69) is 74.9 Å². The van der Waals surface area contributed by atoms with Crippen LogP contribution in [0.2, 0.25) is 0 Å². The Morgan fingerprint density at radius 3 is 2.41 bits per heavy atom. The van der Waals surface area contributed by atoms with E-state index in [1.165, 1.54) is 54.7 Å². The highest BCUT2D eigenvalue weighted by molar-refractivity contribution is 7.10. The number of hydrogen-bond donors (Lipinski definition) is 1. The summed E-state index contributed by atoms with van der Waals surface area (Å²) in [7, 11) is 0. The van der Waals surface area contributed by atoms with Crippen LogP contribution in [0.5, 0.6) is 0 Å². The topological polar surface area (TPSA) is 37.3 Å². The zero-order valence-electron chi connectivity index (χ0n) is 18.2. The zero-order valence-corrected chi connectivity index (χ0v) is 19.1. The van der Waals surface area contributed by atoms with E-state index in [4.69, 9.17) is 0 Å². The molecule has 8 rings (SSSR count). The highest BCUT2D eigenvalue weighted by Crippen LogP contribution is 2.55. The first-order chi connectivity index (χ1) is 15.7. The molecule has 3 heterocycles. The fourth-order valence-electron chi connectivity index (χ4n) is 7.65. The van der Waals surface area contributed by atoms with Gasteiger partial charge in [0.15, 0.2) is 0 Å². The molecule has 1 aliphatic heterocycles. The standard InChI is InChI=1S/C27H29N3OS/c31-26(28-27-14-18-11-19(15-27)13-20(12-18)16-27)30-17-21-5-1-2-6-22(21)29-9-3-7-23(29)25(30)24-8-4-10-32-24/h1-10,18-20,25H,11-17H2,(H,28,31)/t18?,19?,20?,25-,27?/m0/s1. The van der Waals surface area contributed by atoms with Crippen molar-refractivity contribution < 1.29 is 4.79 Å². The number of fused-ring (bicyclic) bond motifs is 3. The molecule has 4 aliphatic carbocycles. The molecular formula is C27H29N3OS. The van der Waals surface area contributed by atoms with Gasteiger partial charge in [0.2, 0.25) is 0 Å². The summed E-state index contributed by atoms with van der Waals surface area (Å²) in [5, 5.41) is 5.77. The number of nitrogens with one attached hydrogen (secondary N) is 1. The van der Waals surface area contributed by atoms with E-state index in [0.29, 0.717) is 6.54 Å². The van der Waals surface area contributed by atoms with Crippen LogP contribution in [0.3, 0.4) is 0 Å². The van der Waals surface area contributed by atoms with Crippen molar-refractivity contribution in [2.24, 2.45) is 17.8 Å². The summed E-state index contributed by atoms with van der Waals surface area (Å²) >= 11 is 1.74. The van der Waals surface area contributed by atoms with Gasteiger partial charge in [-0.25, -0.2) is 4.79 Å². The predicted molar refractivity (Wildman–Crippen MR) is 127 cm³/mol. The first-order valence-electron chi connectivity index (χ1n) is 12.1. The fraction of sp³-hybridized carbons (Fsp3) is 0.444. The molecule has 3 aromatic rings. The third-order valence-electron chi connectivity index (χ3n) is 8.45. The van der Waals surface area contributed by atoms with Gasteiger partial charge in [-0.1, -0.05) is 24.3 Å². The van der Waals surface area contributed by atoms with Gasteiger partial charge in [0.05, 0.1) is 17.9 Å². The van der Waals surface area contributed by atoms with Gasteiger partial charge in [-0.2, -0.15) is 0 Å². The van der Waals surface area contributed by atoms with Crippen LogP contribution < -0.4 is 5.32 Å². The number of para-hydroxylation sites is 1. The van der Waals surface area contributed by atoms with Gasteiger partial charge in [-0.05, 0) is 91.5 Å². The van der Waals surface area contributed by atoms with E-state index >= 15 is 0 Å². The van der Waals surface area contributed by atoms with Crippen LogP contribution in [0.25, 0.3) is 5.69 Å². The Morgan fingerprint density at radius 2 is 1.69 bits per heavy atom. The summed E-state index contributed by atoms with van der Waals surface area (Å²) in [4.78, 5) is 17.4. The molecule has 0 saturated heterocycles. The molecule has 4 nitrogen and oxygen atoms in total. The third kappa shape index (κ3) is 2.90. The highest BCUT2D eigenvalue weighted by Gasteiger charge is 2.52. The van der Waals surface area contributed by atoms with E-state index in [9.17, 15) is 4.79 Å². The molecule has 2 amide bonds. The summed E-state index contributed by atoms with van der Waals surface area (Å²) in [6, 6.07) is 17.1. The van der Waals surface area contributed by atoms with Crippen LogP contribution in [0.1, 0.15) is 60.7 Å². The van der Waals surface area contributed by atoms with E-state index < -0.39 is 0 Å². The minimum atomic E-state index is -0.0775. The Morgan fingerprint density at radius 1 is 0.938 bits per heavy atom. The third-order valence-corrected chi connectivity index (χ3v) is 9.37. The molecule has 1 N–H and O–H groups in total. The van der Waals surface area contributed by atoms with Crippen LogP contribution in [0.4, 0.5) is 4.79 Å². The van der Waals surface area contributed by atoms with Crippen LogP contribution in [0.15, 0.2) is 60.1 Å². The summed E-state index contributed by atoms with van der Waals surface area (Å²) in [5.41, 5.74) is 3.56. The molecule has 4 bridgehead atoms. The van der Waals surface area contributed by atoms with Gasteiger partial charge in [0.25, 0.3) is 0 Å². The number of aromatic nitrogens is 1. The lowest BCUT2D eigenvalue weighted by atomic mass is 9.53. The average molecular weight is 444 g/mol. The van der Waals surface area contributed by atoms with Gasteiger partial charge in [-0.3, -0.25) is 0 Å². The maximum atomic E-state index is 14.1. The molecule has 164 valence electrons. The molecule has 5 heteroatoms. The van der Waals surface area contributed by atoms with Crippen LogP contribution in [0, 0.1) is 17.8 Å². The summed E-state index contributed by atoms with van der Waals surface area (Å²) in [6.07, 6.45) is 9.82. The Bertz CT molecular complexity index is 1130. The number of urea groups is 1. The number of benzene rings is 1. The van der Waals surface area contributed by atoms with Crippen molar-refractivity contribution in [3.63, 3.8) is 0 Å². The van der Waals surface area contributed by atoms with Crippen LogP contribution in [-0.2, 0) is 6.54 Å². The monoisotopic (exact) mass is 443 g/mol. The molecule has 1 atom stereocenters. The number of hydrogen-bond acceptors (Lipinski definition) is 2. The fourth-order valence-corrected chi connectivity index (χ4v) is 8.50. The molecule has 1 aromatic carbocycles. The molecule has 2 aromatic heterocycles. The van der Waals surface area contributed by atoms with Gasteiger partial charge >= 0.3 is 6.03 Å². The molecule has 0 radical (unpaired) electrons. The van der Waals surface area contributed by atoms with E-state index in [0.717, 1.165) is 23.4 Å². The Hall–Kier alpha value is -2.53. The van der Waals surface area contributed by atoms with Gasteiger partial charge in [0, 0.05) is 16.6 Å². The second-order valence-electron chi connectivity index (χ2n) is 10.6. The number of nitrogens with zero attached hydrogens (tertiary/aromatic N) is 2. The molecule has 32 heavy (non-hydrogen) atoms. The maximum absolute atomic E-state index is 14.1. The SMILES string of the molecule is O=C(NC12CC3CC(CC(C3)C1)C2)N1Cc2ccccc2-n2cccc2[C@H]1c1cccs1. The normalized spacial score (nSPS) is 32.3. The quantitative estimate of drug-likeness (QED) is 0.509. The van der Waals surface area contributed by atoms with Crippen molar-refractivity contribution in [1.82, 2.24) is 14.8 Å². The van der Waals surface area contributed by atoms with Crippen molar-refractivity contribution in [2.75, 3.05) is 0 Å². The number of rotatable bonds is 2. The molecule has 4 fully saturated rings. The number of carbonyl (C=O) groups excluding carboxylic acids is 1. The highest BCUT2D eigenvalue weighted by atomic mass is 32.1. The minimum absolute atomic E-state index is 0.0135. The van der Waals surface area contributed by atoms with Crippen molar-refractivity contribution in [2.45, 2.75) is 56.7 Å². The number of thiophene rings is 1. The Labute approximate surface area is 193 Å². The molecular weight excluding hydrogens is 414 g/mol. The van der Waals surface area contributed by atoms with Crippen LogP contribution >= 0.6 is 11.3 Å². The lowest BCUT2D eigenvalue weighted by Gasteiger charge is -2.57. The van der Waals surface area contributed by atoms with Gasteiger partial charge < -0.3 is 14.8 Å². The predicted octanol–water partition coefficient (Wildman–Crippen LogP) is 6.12. The number of amides is 2. The van der Waals surface area contributed by atoms with Gasteiger partial charge in [-0.15, -0.1) is 11.3 Å². The molecule has 4 saturated carbocycles. The molecule has 0 unspecified atom stereocenters. The van der Waals surface area contributed by atoms with Crippen molar-refractivity contribution in [3.05, 3.63) is 76.2 Å². The van der Waals surface area contributed by atoms with Gasteiger partial charge in [0.1, 0.15) is 6.04 Å². The first-order valence-corrected chi connectivity index (χ1v) is 12.9. The van der Waals surface area contributed by atoms with E-state index in [1.807, 2.05) is 0 Å². The van der Waals surface area contributed by atoms with E-state index in [1.54, 1.807) is 11.3 Å². The molecule has 5 aliphatic rings. The van der Waals surface area contributed by atoms with E-state index in [-0.39, 0.29) is 17.6 Å².